The van der Waals surface area contributed by atoms with Crippen LogP contribution < -0.4 is 24.2 Å². The summed E-state index contributed by atoms with van der Waals surface area (Å²) >= 11 is 12.5. The highest BCUT2D eigenvalue weighted by atomic mass is 35.5. The first-order valence-electron chi connectivity index (χ1n) is 12.4. The summed E-state index contributed by atoms with van der Waals surface area (Å²) in [5.41, 5.74) is 1.39. The van der Waals surface area contributed by atoms with E-state index in [0.717, 1.165) is 5.39 Å². The zero-order valence-electron chi connectivity index (χ0n) is 22.2. The quantitative estimate of drug-likeness (QED) is 0.176. The summed E-state index contributed by atoms with van der Waals surface area (Å²) in [5, 5.41) is 4.03. The molecule has 0 saturated heterocycles. The van der Waals surface area contributed by atoms with Crippen molar-refractivity contribution in [3.8, 4) is 23.1 Å². The van der Waals surface area contributed by atoms with E-state index in [2.05, 4.69) is 15.0 Å². The number of nitrogens with one attached hydrogen (secondary N) is 2. The maximum atomic E-state index is 13.4. The second kappa shape index (κ2) is 12.2. The molecule has 1 aromatic heterocycles. The fraction of sp³-hybridized carbons (Fsp3) is 0.0667. The lowest BCUT2D eigenvalue weighted by Gasteiger charge is -2.14. The third-order valence-corrected chi connectivity index (χ3v) is 8.09. The van der Waals surface area contributed by atoms with E-state index in [0.29, 0.717) is 22.7 Å². The molecule has 0 spiro atoms. The minimum absolute atomic E-state index is 0.0158. The molecule has 2 N–H and O–H groups in total. The number of anilines is 2. The van der Waals surface area contributed by atoms with Crippen molar-refractivity contribution in [3.63, 3.8) is 0 Å². The molecule has 0 bridgehead atoms. The number of benzene rings is 4. The minimum Gasteiger partial charge on any atom is -0.497 e. The fourth-order valence-corrected chi connectivity index (χ4v) is 5.51. The number of carbonyl (C=O) groups is 1. The van der Waals surface area contributed by atoms with Gasteiger partial charge in [-0.15, -0.1) is 0 Å². The van der Waals surface area contributed by atoms with Gasteiger partial charge >= 0.3 is 0 Å². The number of rotatable bonds is 9. The zero-order valence-corrected chi connectivity index (χ0v) is 24.5. The Hall–Kier alpha value is -4.51. The van der Waals surface area contributed by atoms with E-state index in [9.17, 15) is 13.2 Å². The predicted molar refractivity (Wildman–Crippen MR) is 163 cm³/mol. The van der Waals surface area contributed by atoms with Gasteiger partial charge in [0.05, 0.1) is 40.4 Å². The topological polar surface area (TPSA) is 116 Å². The van der Waals surface area contributed by atoms with Gasteiger partial charge in [0.15, 0.2) is 0 Å². The van der Waals surface area contributed by atoms with Gasteiger partial charge in [0.1, 0.15) is 22.8 Å². The number of para-hydroxylation sites is 1. The Labute approximate surface area is 252 Å². The van der Waals surface area contributed by atoms with Crippen molar-refractivity contribution in [1.29, 1.82) is 0 Å². The molecule has 1 amide bonds. The van der Waals surface area contributed by atoms with Gasteiger partial charge in [-0.05, 0) is 66.7 Å². The summed E-state index contributed by atoms with van der Waals surface area (Å²) in [4.78, 5) is 18.0. The average Bonchev–Trinajstić information content (AvgIpc) is 2.98. The monoisotopic (exact) mass is 623 g/mol. The van der Waals surface area contributed by atoms with Crippen molar-refractivity contribution in [2.45, 2.75) is 4.90 Å². The Balaban J connectivity index is 1.38. The van der Waals surface area contributed by atoms with Crippen molar-refractivity contribution >= 4 is 61.4 Å². The number of hydrogen-bond acceptors (Lipinski definition) is 7. The Morgan fingerprint density at radius 2 is 1.48 bits per heavy atom. The third-order valence-electron chi connectivity index (χ3n) is 6.11. The normalized spacial score (nSPS) is 11.1. The maximum absolute atomic E-state index is 13.4. The summed E-state index contributed by atoms with van der Waals surface area (Å²) in [5.74, 6) is 0.774. The largest absolute Gasteiger partial charge is 0.497 e. The molecular formula is C30H23Cl2N3O6S. The number of aromatic nitrogens is 1. The van der Waals surface area contributed by atoms with Crippen LogP contribution in [0.5, 0.6) is 23.1 Å². The first-order valence-corrected chi connectivity index (χ1v) is 14.6. The van der Waals surface area contributed by atoms with Crippen LogP contribution in [0.25, 0.3) is 10.9 Å². The number of carbonyl (C=O) groups excluding carboxylic acids is 1. The highest BCUT2D eigenvalue weighted by Gasteiger charge is 2.20. The highest BCUT2D eigenvalue weighted by molar-refractivity contribution is 7.92. The van der Waals surface area contributed by atoms with E-state index in [1.54, 1.807) is 36.4 Å². The lowest BCUT2D eigenvalue weighted by molar-refractivity contribution is 0.102. The van der Waals surface area contributed by atoms with Crippen LogP contribution in [0.4, 0.5) is 11.4 Å². The zero-order chi connectivity index (χ0) is 29.9. The fourth-order valence-electron chi connectivity index (χ4n) is 3.99. The Kier molecular flexibility index (Phi) is 8.39. The molecule has 0 saturated carbocycles. The Morgan fingerprint density at radius 1 is 0.786 bits per heavy atom. The van der Waals surface area contributed by atoms with Crippen LogP contribution in [0, 0.1) is 0 Å². The number of halogens is 2. The molecule has 0 fully saturated rings. The van der Waals surface area contributed by atoms with Crippen LogP contribution in [0.3, 0.4) is 0 Å². The van der Waals surface area contributed by atoms with Crippen molar-refractivity contribution < 1.29 is 27.4 Å². The van der Waals surface area contributed by atoms with Crippen LogP contribution in [-0.4, -0.2) is 33.5 Å². The molecule has 12 heteroatoms. The lowest BCUT2D eigenvalue weighted by atomic mass is 10.1. The molecule has 0 aliphatic carbocycles. The van der Waals surface area contributed by atoms with E-state index < -0.39 is 15.9 Å². The summed E-state index contributed by atoms with van der Waals surface area (Å²) in [7, 11) is -0.948. The van der Waals surface area contributed by atoms with Gasteiger partial charge in [-0.1, -0.05) is 41.4 Å². The van der Waals surface area contributed by atoms with E-state index >= 15 is 0 Å². The molecule has 42 heavy (non-hydrogen) atoms. The summed E-state index contributed by atoms with van der Waals surface area (Å²) in [6, 6.07) is 24.1. The van der Waals surface area contributed by atoms with Crippen molar-refractivity contribution in [1.82, 2.24) is 4.98 Å². The highest BCUT2D eigenvalue weighted by Crippen LogP contribution is 2.34. The van der Waals surface area contributed by atoms with Gasteiger partial charge < -0.3 is 19.5 Å². The Morgan fingerprint density at radius 3 is 2.17 bits per heavy atom. The van der Waals surface area contributed by atoms with Crippen molar-refractivity contribution in [2.24, 2.45) is 0 Å². The van der Waals surface area contributed by atoms with Crippen LogP contribution in [0.2, 0.25) is 10.0 Å². The molecule has 0 radical (unpaired) electrons. The average molecular weight is 625 g/mol. The first-order chi connectivity index (χ1) is 20.2. The summed E-state index contributed by atoms with van der Waals surface area (Å²) in [6.07, 6.45) is 0. The van der Waals surface area contributed by atoms with Gasteiger partial charge in [0.2, 0.25) is 5.88 Å². The second-order valence-electron chi connectivity index (χ2n) is 8.87. The molecule has 9 nitrogen and oxygen atoms in total. The third kappa shape index (κ3) is 6.36. The molecular weight excluding hydrogens is 601 g/mol. The molecule has 1 heterocycles. The first kappa shape index (κ1) is 29.0. The van der Waals surface area contributed by atoms with Gasteiger partial charge in [0.25, 0.3) is 15.9 Å². The molecule has 4 aromatic carbocycles. The molecule has 0 aliphatic rings. The number of methoxy groups -OCH3 is 2. The smallest absolute Gasteiger partial charge is 0.261 e. The lowest BCUT2D eigenvalue weighted by Crippen LogP contribution is -2.15. The number of ether oxygens (including phenoxy) is 3. The van der Waals surface area contributed by atoms with Crippen LogP contribution in [0.1, 0.15) is 10.4 Å². The molecule has 0 atom stereocenters. The number of amides is 1. The second-order valence-corrected chi connectivity index (χ2v) is 11.4. The van der Waals surface area contributed by atoms with E-state index in [1.807, 2.05) is 18.2 Å². The number of pyridine rings is 1. The maximum Gasteiger partial charge on any atom is 0.261 e. The molecule has 5 rings (SSSR count). The molecule has 5 aromatic rings. The van der Waals surface area contributed by atoms with Gasteiger partial charge in [0, 0.05) is 17.1 Å². The number of fused-ring (bicyclic) bond motifs is 1. The van der Waals surface area contributed by atoms with Crippen LogP contribution >= 0.6 is 23.2 Å². The van der Waals surface area contributed by atoms with Gasteiger partial charge in [-0.25, -0.2) is 13.4 Å². The van der Waals surface area contributed by atoms with E-state index in [-0.39, 0.29) is 37.8 Å². The predicted octanol–water partition coefficient (Wildman–Crippen LogP) is 7.40. The van der Waals surface area contributed by atoms with Crippen LogP contribution in [-0.2, 0) is 10.0 Å². The van der Waals surface area contributed by atoms with Crippen LogP contribution in [0.15, 0.2) is 95.9 Å². The van der Waals surface area contributed by atoms with Crippen molar-refractivity contribution in [3.05, 3.63) is 107 Å². The number of hydrogen-bond donors (Lipinski definition) is 2. The Bertz CT molecular complexity index is 1900. The molecule has 0 aliphatic heterocycles. The SMILES string of the molecule is COc1ccc(Oc2nc3ccccc3cc2C(=O)Nc2ccc(S(=O)(=O)Nc3ccc(OC)c(Cl)c3)cc2)c(Cl)c1. The molecule has 0 unspecified atom stereocenters. The van der Waals surface area contributed by atoms with Crippen molar-refractivity contribution in [2.75, 3.05) is 24.3 Å². The van der Waals surface area contributed by atoms with Gasteiger partial charge in [-0.3, -0.25) is 9.52 Å². The van der Waals surface area contributed by atoms with E-state index in [1.165, 1.54) is 50.6 Å². The van der Waals surface area contributed by atoms with Gasteiger partial charge in [-0.2, -0.15) is 0 Å². The summed E-state index contributed by atoms with van der Waals surface area (Å²) < 4.78 is 44.6. The minimum atomic E-state index is -3.94. The summed E-state index contributed by atoms with van der Waals surface area (Å²) in [6.45, 7) is 0. The van der Waals surface area contributed by atoms with E-state index in [4.69, 9.17) is 37.4 Å². The number of nitrogens with zero attached hydrogens (tertiary/aromatic N) is 1. The molecule has 214 valence electrons. The standard InChI is InChI=1S/C30H23Cl2N3O6S/c1-39-21-10-14-28(25(32)17-21)41-30-23(15-18-5-3-4-6-26(18)34-30)29(36)33-19-7-11-22(12-8-19)42(37,38)35-20-9-13-27(40-2)24(31)16-20/h3-17,35H,1-2H3,(H,33,36). The number of sulfonamides is 1.